The summed E-state index contributed by atoms with van der Waals surface area (Å²) in [5.74, 6) is -0.700. The smallest absolute Gasteiger partial charge is 0.308 e. The molecule has 1 amide bonds. The van der Waals surface area contributed by atoms with Crippen molar-refractivity contribution < 1.29 is 14.7 Å². The SMILES string of the molecule is Cc1cc(C)cc(CC(=O)N2CC3CCC2C(C(=O)O)C3)c1. The molecule has 4 nitrogen and oxygen atoms in total. The highest BCUT2D eigenvalue weighted by atomic mass is 16.4. The average molecular weight is 301 g/mol. The number of hydrogen-bond donors (Lipinski definition) is 1. The molecule has 22 heavy (non-hydrogen) atoms. The van der Waals surface area contributed by atoms with Crippen LogP contribution in [0.4, 0.5) is 0 Å². The molecule has 1 saturated carbocycles. The minimum absolute atomic E-state index is 0.0747. The van der Waals surface area contributed by atoms with Gasteiger partial charge in [-0.2, -0.15) is 0 Å². The Morgan fingerprint density at radius 2 is 1.86 bits per heavy atom. The van der Waals surface area contributed by atoms with Gasteiger partial charge in [0, 0.05) is 12.6 Å². The van der Waals surface area contributed by atoms with E-state index in [2.05, 4.69) is 6.07 Å². The van der Waals surface area contributed by atoms with Crippen LogP contribution in [0.1, 0.15) is 36.0 Å². The van der Waals surface area contributed by atoms with Crippen LogP contribution in [-0.2, 0) is 16.0 Å². The molecular weight excluding hydrogens is 278 g/mol. The maximum Gasteiger partial charge on any atom is 0.308 e. The molecule has 1 N–H and O–H groups in total. The molecule has 3 fully saturated rings. The number of carboxylic acid groups (broad SMARTS) is 1. The Morgan fingerprint density at radius 3 is 2.45 bits per heavy atom. The van der Waals surface area contributed by atoms with E-state index in [0.717, 1.165) is 42.5 Å². The lowest BCUT2D eigenvalue weighted by atomic mass is 9.72. The number of carboxylic acids is 1. The zero-order valence-corrected chi connectivity index (χ0v) is 13.2. The number of aryl methyl sites for hydroxylation is 2. The highest BCUT2D eigenvalue weighted by Gasteiger charge is 2.45. The number of benzene rings is 1. The van der Waals surface area contributed by atoms with Gasteiger partial charge < -0.3 is 10.0 Å². The lowest BCUT2D eigenvalue weighted by molar-refractivity contribution is -0.155. The number of fused-ring (bicyclic) bond motifs is 3. The fourth-order valence-electron chi connectivity index (χ4n) is 4.19. The first-order valence-corrected chi connectivity index (χ1v) is 8.03. The molecule has 0 aromatic heterocycles. The summed E-state index contributed by atoms with van der Waals surface area (Å²) in [6, 6.07) is 6.07. The van der Waals surface area contributed by atoms with Gasteiger partial charge in [0.25, 0.3) is 0 Å². The monoisotopic (exact) mass is 301 g/mol. The minimum atomic E-state index is -0.751. The Labute approximate surface area is 131 Å². The van der Waals surface area contributed by atoms with Crippen LogP contribution in [0.25, 0.3) is 0 Å². The Hall–Kier alpha value is -1.84. The third-order valence-corrected chi connectivity index (χ3v) is 5.05. The quantitative estimate of drug-likeness (QED) is 0.933. The predicted octanol–water partition coefficient (Wildman–Crippen LogP) is 2.56. The van der Waals surface area contributed by atoms with Gasteiger partial charge in [0.2, 0.25) is 5.91 Å². The van der Waals surface area contributed by atoms with Crippen LogP contribution >= 0.6 is 0 Å². The number of hydrogen-bond acceptors (Lipinski definition) is 2. The van der Waals surface area contributed by atoms with Crippen LogP contribution in [0, 0.1) is 25.7 Å². The van der Waals surface area contributed by atoms with E-state index in [1.54, 1.807) is 0 Å². The second-order valence-corrected chi connectivity index (χ2v) is 6.91. The van der Waals surface area contributed by atoms with Gasteiger partial charge >= 0.3 is 5.97 Å². The van der Waals surface area contributed by atoms with Crippen molar-refractivity contribution in [1.82, 2.24) is 4.90 Å². The molecule has 2 heterocycles. The Balaban J connectivity index is 1.76. The molecule has 1 aliphatic carbocycles. The molecule has 0 radical (unpaired) electrons. The van der Waals surface area contributed by atoms with E-state index in [1.807, 2.05) is 30.9 Å². The number of rotatable bonds is 3. The summed E-state index contributed by atoms with van der Waals surface area (Å²) >= 11 is 0. The third-order valence-electron chi connectivity index (χ3n) is 5.05. The average Bonchev–Trinajstić information content (AvgIpc) is 2.46. The van der Waals surface area contributed by atoms with Crippen molar-refractivity contribution in [1.29, 1.82) is 0 Å². The number of aliphatic carboxylic acids is 1. The lowest BCUT2D eigenvalue weighted by Crippen LogP contribution is -2.57. The Morgan fingerprint density at radius 1 is 1.18 bits per heavy atom. The van der Waals surface area contributed by atoms with Gasteiger partial charge in [-0.15, -0.1) is 0 Å². The van der Waals surface area contributed by atoms with Crippen molar-refractivity contribution in [3.05, 3.63) is 34.9 Å². The molecule has 3 aliphatic rings. The lowest BCUT2D eigenvalue weighted by Gasteiger charge is -2.48. The van der Waals surface area contributed by atoms with Gasteiger partial charge in [-0.1, -0.05) is 29.3 Å². The molecule has 4 rings (SSSR count). The Bertz CT molecular complexity index is 590. The molecule has 2 aliphatic heterocycles. The summed E-state index contributed by atoms with van der Waals surface area (Å²) in [5, 5.41) is 9.38. The normalized spacial score (nSPS) is 27.0. The maximum absolute atomic E-state index is 12.7. The van der Waals surface area contributed by atoms with Crippen LogP contribution in [0.3, 0.4) is 0 Å². The first kappa shape index (κ1) is 15.1. The molecular formula is C18H23NO3. The second-order valence-electron chi connectivity index (χ2n) is 6.91. The van der Waals surface area contributed by atoms with Crippen LogP contribution in [-0.4, -0.2) is 34.5 Å². The number of amides is 1. The molecule has 3 atom stereocenters. The Kier molecular flexibility index (Phi) is 3.94. The highest BCUT2D eigenvalue weighted by Crippen LogP contribution is 2.39. The van der Waals surface area contributed by atoms with Crippen molar-refractivity contribution in [2.45, 2.75) is 45.6 Å². The van der Waals surface area contributed by atoms with Crippen molar-refractivity contribution in [3.63, 3.8) is 0 Å². The molecule has 118 valence electrons. The zero-order valence-electron chi connectivity index (χ0n) is 13.2. The van der Waals surface area contributed by atoms with E-state index in [-0.39, 0.29) is 17.9 Å². The number of carbonyl (C=O) groups is 2. The van der Waals surface area contributed by atoms with E-state index in [9.17, 15) is 14.7 Å². The van der Waals surface area contributed by atoms with E-state index in [1.165, 1.54) is 0 Å². The summed E-state index contributed by atoms with van der Waals surface area (Å²) in [6.45, 7) is 4.80. The van der Waals surface area contributed by atoms with Crippen molar-refractivity contribution >= 4 is 11.9 Å². The third kappa shape index (κ3) is 2.87. The zero-order chi connectivity index (χ0) is 15.9. The summed E-state index contributed by atoms with van der Waals surface area (Å²) in [6.07, 6.45) is 2.99. The summed E-state index contributed by atoms with van der Waals surface area (Å²) in [5.41, 5.74) is 3.34. The molecule has 1 aromatic carbocycles. The van der Waals surface area contributed by atoms with E-state index in [4.69, 9.17) is 0 Å². The molecule has 3 unspecified atom stereocenters. The summed E-state index contributed by atoms with van der Waals surface area (Å²) in [4.78, 5) is 25.9. The van der Waals surface area contributed by atoms with Gasteiger partial charge in [-0.25, -0.2) is 0 Å². The van der Waals surface area contributed by atoms with Crippen LogP contribution < -0.4 is 0 Å². The summed E-state index contributed by atoms with van der Waals surface area (Å²) in [7, 11) is 0. The first-order chi connectivity index (χ1) is 10.4. The van der Waals surface area contributed by atoms with Crippen molar-refractivity contribution in [2.24, 2.45) is 11.8 Å². The standard InChI is InChI=1S/C18H23NO3/c1-11-5-12(2)7-14(6-11)9-17(20)19-10-13-3-4-16(19)15(8-13)18(21)22/h5-7,13,15-16H,3-4,8-10H2,1-2H3,(H,21,22). The van der Waals surface area contributed by atoms with Crippen LogP contribution in [0.5, 0.6) is 0 Å². The minimum Gasteiger partial charge on any atom is -0.481 e. The van der Waals surface area contributed by atoms with E-state index >= 15 is 0 Å². The van der Waals surface area contributed by atoms with Gasteiger partial charge in [-0.3, -0.25) is 9.59 Å². The van der Waals surface area contributed by atoms with Gasteiger partial charge in [0.1, 0.15) is 0 Å². The van der Waals surface area contributed by atoms with Crippen molar-refractivity contribution in [3.8, 4) is 0 Å². The van der Waals surface area contributed by atoms with Gasteiger partial charge in [-0.05, 0) is 44.6 Å². The fourth-order valence-corrected chi connectivity index (χ4v) is 4.19. The van der Waals surface area contributed by atoms with Crippen molar-refractivity contribution in [2.75, 3.05) is 6.54 Å². The van der Waals surface area contributed by atoms with Crippen LogP contribution in [0.2, 0.25) is 0 Å². The van der Waals surface area contributed by atoms with E-state index in [0.29, 0.717) is 12.3 Å². The van der Waals surface area contributed by atoms with E-state index < -0.39 is 5.97 Å². The molecule has 2 saturated heterocycles. The number of carbonyl (C=O) groups excluding carboxylic acids is 1. The summed E-state index contributed by atoms with van der Waals surface area (Å²) < 4.78 is 0. The molecule has 1 aromatic rings. The van der Waals surface area contributed by atoms with Gasteiger partial charge in [0.15, 0.2) is 0 Å². The van der Waals surface area contributed by atoms with Crippen LogP contribution in [0.15, 0.2) is 18.2 Å². The number of piperidine rings is 2. The fraction of sp³-hybridized carbons (Fsp3) is 0.556. The molecule has 2 bridgehead atoms. The van der Waals surface area contributed by atoms with Gasteiger partial charge in [0.05, 0.1) is 12.3 Å². The largest absolute Gasteiger partial charge is 0.481 e. The second kappa shape index (κ2) is 5.75. The highest BCUT2D eigenvalue weighted by molar-refractivity contribution is 5.81. The molecule has 0 spiro atoms. The molecule has 4 heteroatoms. The first-order valence-electron chi connectivity index (χ1n) is 8.03. The maximum atomic E-state index is 12.7. The topological polar surface area (TPSA) is 57.6 Å². The predicted molar refractivity (Wildman–Crippen MR) is 83.6 cm³/mol. The number of nitrogens with zero attached hydrogens (tertiary/aromatic N) is 1.